The third-order valence-corrected chi connectivity index (χ3v) is 7.19. The molecule has 0 spiro atoms. The van der Waals surface area contributed by atoms with Gasteiger partial charge in [-0.25, -0.2) is 8.42 Å². The molecule has 25 heavy (non-hydrogen) atoms. The lowest BCUT2D eigenvalue weighted by molar-refractivity contribution is 0.0933. The van der Waals surface area contributed by atoms with E-state index in [4.69, 9.17) is 5.73 Å². The van der Waals surface area contributed by atoms with Crippen LogP contribution < -0.4 is 11.1 Å². The predicted molar refractivity (Wildman–Crippen MR) is 96.8 cm³/mol. The predicted octanol–water partition coefficient (Wildman–Crippen LogP) is 1.64. The van der Waals surface area contributed by atoms with Gasteiger partial charge in [-0.1, -0.05) is 12.5 Å². The van der Waals surface area contributed by atoms with Gasteiger partial charge in [0, 0.05) is 31.2 Å². The van der Waals surface area contributed by atoms with Gasteiger partial charge in [-0.05, 0) is 56.2 Å². The molecular formula is C18H27N3O3S. The Morgan fingerprint density at radius 2 is 1.96 bits per heavy atom. The van der Waals surface area contributed by atoms with Gasteiger partial charge in [-0.3, -0.25) is 4.79 Å². The maximum absolute atomic E-state index is 13.0. The quantitative estimate of drug-likeness (QED) is 0.801. The molecule has 1 unspecified atom stereocenters. The molecule has 1 aliphatic carbocycles. The number of hydrogen-bond acceptors (Lipinski definition) is 4. The Balaban J connectivity index is 1.83. The zero-order valence-electron chi connectivity index (χ0n) is 14.7. The van der Waals surface area contributed by atoms with Crippen LogP contribution in [0.3, 0.4) is 0 Å². The molecule has 138 valence electrons. The Morgan fingerprint density at radius 3 is 2.56 bits per heavy atom. The van der Waals surface area contributed by atoms with Crippen molar-refractivity contribution in [3.63, 3.8) is 0 Å². The molecule has 1 aliphatic heterocycles. The van der Waals surface area contributed by atoms with Crippen molar-refractivity contribution in [2.75, 3.05) is 19.6 Å². The van der Waals surface area contributed by atoms with Gasteiger partial charge in [0.25, 0.3) is 5.91 Å². The van der Waals surface area contributed by atoms with Gasteiger partial charge in [-0.15, -0.1) is 0 Å². The number of nitrogens with zero attached hydrogens (tertiary/aromatic N) is 1. The zero-order chi connectivity index (χ0) is 18.0. The minimum absolute atomic E-state index is 0.0315. The fourth-order valence-electron chi connectivity index (χ4n) is 3.38. The molecule has 0 aromatic heterocycles. The first-order valence-corrected chi connectivity index (χ1v) is 10.5. The van der Waals surface area contributed by atoms with Crippen LogP contribution in [0.1, 0.15) is 48.0 Å². The Labute approximate surface area is 149 Å². The maximum atomic E-state index is 13.0. The Hall–Kier alpha value is -1.44. The monoisotopic (exact) mass is 365 g/mol. The molecule has 0 bridgehead atoms. The van der Waals surface area contributed by atoms with Crippen molar-refractivity contribution in [3.05, 3.63) is 29.3 Å². The van der Waals surface area contributed by atoms with Gasteiger partial charge >= 0.3 is 0 Å². The lowest BCUT2D eigenvalue weighted by Gasteiger charge is -2.26. The molecule has 2 aliphatic rings. The van der Waals surface area contributed by atoms with Crippen molar-refractivity contribution in [1.29, 1.82) is 0 Å². The van der Waals surface area contributed by atoms with Crippen molar-refractivity contribution in [2.24, 2.45) is 11.7 Å². The van der Waals surface area contributed by atoms with Gasteiger partial charge in [0.15, 0.2) is 0 Å². The molecule has 1 saturated heterocycles. The number of amides is 1. The summed E-state index contributed by atoms with van der Waals surface area (Å²) in [6, 6.07) is 4.87. The third kappa shape index (κ3) is 4.04. The van der Waals surface area contributed by atoms with Crippen LogP contribution in [0, 0.1) is 12.8 Å². The molecule has 1 aromatic carbocycles. The van der Waals surface area contributed by atoms with E-state index in [0.717, 1.165) is 32.1 Å². The number of nitrogens with two attached hydrogens (primary N) is 1. The third-order valence-electron chi connectivity index (χ3n) is 5.14. The van der Waals surface area contributed by atoms with E-state index in [0.29, 0.717) is 36.7 Å². The second kappa shape index (κ2) is 7.43. The molecule has 7 heteroatoms. The van der Waals surface area contributed by atoms with E-state index in [1.165, 1.54) is 10.4 Å². The number of carbonyl (C=O) groups is 1. The summed E-state index contributed by atoms with van der Waals surface area (Å²) >= 11 is 0. The van der Waals surface area contributed by atoms with E-state index in [1.807, 2.05) is 0 Å². The van der Waals surface area contributed by atoms with Crippen LogP contribution in [0.4, 0.5) is 0 Å². The van der Waals surface area contributed by atoms with Crippen molar-refractivity contribution in [2.45, 2.75) is 50.0 Å². The number of sulfonamides is 1. The lowest BCUT2D eigenvalue weighted by atomic mass is 10.1. The molecule has 1 amide bonds. The van der Waals surface area contributed by atoms with Crippen LogP contribution in [0.5, 0.6) is 0 Å². The molecule has 3 N–H and O–H groups in total. The van der Waals surface area contributed by atoms with Gasteiger partial charge < -0.3 is 11.1 Å². The van der Waals surface area contributed by atoms with Crippen molar-refractivity contribution >= 4 is 15.9 Å². The average Bonchev–Trinajstić information content (AvgIpc) is 3.45. The number of aryl methyl sites for hydroxylation is 1. The first kappa shape index (κ1) is 18.4. The topological polar surface area (TPSA) is 92.5 Å². The highest BCUT2D eigenvalue weighted by molar-refractivity contribution is 7.89. The van der Waals surface area contributed by atoms with E-state index in [9.17, 15) is 13.2 Å². The fraction of sp³-hybridized carbons (Fsp3) is 0.611. The van der Waals surface area contributed by atoms with Crippen LogP contribution in [0.2, 0.25) is 0 Å². The highest BCUT2D eigenvalue weighted by atomic mass is 32.2. The van der Waals surface area contributed by atoms with E-state index in [2.05, 4.69) is 5.32 Å². The first-order chi connectivity index (χ1) is 11.9. The summed E-state index contributed by atoms with van der Waals surface area (Å²) in [5.41, 5.74) is 6.79. The highest BCUT2D eigenvalue weighted by Crippen LogP contribution is 2.32. The Bertz CT molecular complexity index is 738. The standard InChI is InChI=1S/C18H27N3O3S/c1-13-5-6-15(18(22)20-16(12-19)14-7-8-14)11-17(13)25(23,24)21-9-3-2-4-10-21/h5-6,11,14,16H,2-4,7-10,12,19H2,1H3,(H,20,22). The summed E-state index contributed by atoms with van der Waals surface area (Å²) in [6.07, 6.45) is 5.01. The molecule has 2 fully saturated rings. The number of rotatable bonds is 6. The summed E-state index contributed by atoms with van der Waals surface area (Å²) in [4.78, 5) is 12.8. The normalized spacial score (nSPS) is 20.2. The molecule has 0 radical (unpaired) electrons. The van der Waals surface area contributed by atoms with Crippen molar-refractivity contribution in [3.8, 4) is 0 Å². The van der Waals surface area contributed by atoms with E-state index >= 15 is 0 Å². The number of carbonyl (C=O) groups excluding carboxylic acids is 1. The van der Waals surface area contributed by atoms with E-state index in [-0.39, 0.29) is 16.8 Å². The molecule has 1 saturated carbocycles. The maximum Gasteiger partial charge on any atom is 0.251 e. The van der Waals surface area contributed by atoms with E-state index in [1.54, 1.807) is 19.1 Å². The summed E-state index contributed by atoms with van der Waals surface area (Å²) in [7, 11) is -3.56. The molecule has 3 rings (SSSR count). The molecule has 1 heterocycles. The van der Waals surface area contributed by atoms with E-state index < -0.39 is 10.0 Å². The summed E-state index contributed by atoms with van der Waals surface area (Å²) in [6.45, 7) is 3.27. The fourth-order valence-corrected chi connectivity index (χ4v) is 5.15. The number of piperidine rings is 1. The smallest absolute Gasteiger partial charge is 0.251 e. The van der Waals surface area contributed by atoms with Crippen LogP contribution in [0.15, 0.2) is 23.1 Å². The lowest BCUT2D eigenvalue weighted by Crippen LogP contribution is -2.41. The molecule has 1 aromatic rings. The van der Waals surface area contributed by atoms with Gasteiger partial charge in [0.05, 0.1) is 4.90 Å². The summed E-state index contributed by atoms with van der Waals surface area (Å²) < 4.78 is 27.4. The second-order valence-corrected chi connectivity index (χ2v) is 9.00. The number of benzene rings is 1. The average molecular weight is 365 g/mol. The zero-order valence-corrected chi connectivity index (χ0v) is 15.5. The van der Waals surface area contributed by atoms with Crippen LogP contribution in [-0.2, 0) is 10.0 Å². The Morgan fingerprint density at radius 1 is 1.28 bits per heavy atom. The Kier molecular flexibility index (Phi) is 5.46. The van der Waals surface area contributed by atoms with Gasteiger partial charge in [0.1, 0.15) is 0 Å². The largest absolute Gasteiger partial charge is 0.348 e. The van der Waals surface area contributed by atoms with Crippen LogP contribution >= 0.6 is 0 Å². The molecular weight excluding hydrogens is 338 g/mol. The highest BCUT2D eigenvalue weighted by Gasteiger charge is 2.32. The van der Waals surface area contributed by atoms with Gasteiger partial charge in [0.2, 0.25) is 10.0 Å². The number of nitrogens with one attached hydrogen (secondary N) is 1. The van der Waals surface area contributed by atoms with Crippen molar-refractivity contribution in [1.82, 2.24) is 9.62 Å². The SMILES string of the molecule is Cc1ccc(C(=O)NC(CN)C2CC2)cc1S(=O)(=O)N1CCCCC1. The number of hydrogen-bond donors (Lipinski definition) is 2. The summed E-state index contributed by atoms with van der Waals surface area (Å²) in [5, 5.41) is 2.95. The first-order valence-electron chi connectivity index (χ1n) is 9.05. The van der Waals surface area contributed by atoms with Crippen LogP contribution in [0.25, 0.3) is 0 Å². The van der Waals surface area contributed by atoms with Crippen molar-refractivity contribution < 1.29 is 13.2 Å². The second-order valence-electron chi connectivity index (χ2n) is 7.10. The minimum atomic E-state index is -3.56. The summed E-state index contributed by atoms with van der Waals surface area (Å²) in [5.74, 6) is 0.202. The minimum Gasteiger partial charge on any atom is -0.348 e. The molecule has 6 nitrogen and oxygen atoms in total. The van der Waals surface area contributed by atoms with Crippen LogP contribution in [-0.4, -0.2) is 44.3 Å². The molecule has 1 atom stereocenters. The van der Waals surface area contributed by atoms with Gasteiger partial charge in [-0.2, -0.15) is 4.31 Å².